The van der Waals surface area contributed by atoms with Gasteiger partial charge in [0.25, 0.3) is 0 Å². The molecule has 1 aromatic carbocycles. The van der Waals surface area contributed by atoms with Crippen molar-refractivity contribution >= 4 is 11.0 Å². The first-order valence-electron chi connectivity index (χ1n) is 9.03. The van der Waals surface area contributed by atoms with Gasteiger partial charge >= 0.3 is 6.18 Å². The summed E-state index contributed by atoms with van der Waals surface area (Å²) in [4.78, 5) is 8.81. The van der Waals surface area contributed by atoms with Crippen LogP contribution in [-0.4, -0.2) is 42.2 Å². The predicted molar refractivity (Wildman–Crippen MR) is 97.7 cm³/mol. The van der Waals surface area contributed by atoms with E-state index in [1.807, 2.05) is 0 Å². The first kappa shape index (κ1) is 18.7. The fourth-order valence-corrected chi connectivity index (χ4v) is 3.58. The van der Waals surface area contributed by atoms with Crippen LogP contribution in [0.5, 0.6) is 0 Å². The van der Waals surface area contributed by atoms with Crippen LogP contribution >= 0.6 is 0 Å². The van der Waals surface area contributed by atoms with Crippen LogP contribution in [0.4, 0.5) is 17.6 Å². The second-order valence-electron chi connectivity index (χ2n) is 6.95. The smallest absolute Gasteiger partial charge is 0.360 e. The van der Waals surface area contributed by atoms with Crippen molar-refractivity contribution in [3.8, 4) is 22.5 Å². The molecule has 1 unspecified atom stereocenters. The van der Waals surface area contributed by atoms with Gasteiger partial charge in [0.2, 0.25) is 0 Å². The standard InChI is InChI=1S/C19H14F4N6O/c1-9-25-17(12-6-24-27-18(12)26-9)15-13-8-30-14(19(21,22)23)7-29(13)28-16(15)10-2-4-11(20)5-3-10/h2-6,14H,7-8H2,1H3,(H,24,25,26,27). The number of halogens is 4. The molecule has 0 radical (unpaired) electrons. The van der Waals surface area contributed by atoms with Gasteiger partial charge in [0, 0.05) is 5.56 Å². The number of fused-ring (bicyclic) bond motifs is 2. The highest BCUT2D eigenvalue weighted by Crippen LogP contribution is 2.40. The fraction of sp³-hybridized carbons (Fsp3) is 0.263. The Labute approximate surface area is 166 Å². The van der Waals surface area contributed by atoms with Crippen LogP contribution in [0.15, 0.2) is 30.5 Å². The van der Waals surface area contributed by atoms with E-state index in [-0.39, 0.29) is 6.61 Å². The number of hydrogen-bond acceptors (Lipinski definition) is 5. The van der Waals surface area contributed by atoms with E-state index in [0.717, 1.165) is 0 Å². The molecule has 3 aromatic heterocycles. The largest absolute Gasteiger partial charge is 0.416 e. The summed E-state index contributed by atoms with van der Waals surface area (Å²) in [6.07, 6.45) is -4.92. The first-order valence-corrected chi connectivity index (χ1v) is 9.03. The lowest BCUT2D eigenvalue weighted by molar-refractivity contribution is -0.234. The molecule has 4 heterocycles. The Balaban J connectivity index is 1.76. The summed E-state index contributed by atoms with van der Waals surface area (Å²) in [7, 11) is 0. The zero-order valence-electron chi connectivity index (χ0n) is 15.5. The molecule has 0 saturated carbocycles. The average molecular weight is 418 g/mol. The van der Waals surface area contributed by atoms with Crippen LogP contribution < -0.4 is 0 Å². The number of aromatic nitrogens is 6. The molecule has 0 amide bonds. The summed E-state index contributed by atoms with van der Waals surface area (Å²) in [6, 6.07) is 5.59. The lowest BCUT2D eigenvalue weighted by Crippen LogP contribution is -2.39. The fourth-order valence-electron chi connectivity index (χ4n) is 3.58. The van der Waals surface area contributed by atoms with Gasteiger partial charge in [-0.3, -0.25) is 9.78 Å². The maximum Gasteiger partial charge on any atom is 0.416 e. The molecule has 0 spiro atoms. The molecule has 154 valence electrons. The maximum absolute atomic E-state index is 13.5. The summed E-state index contributed by atoms with van der Waals surface area (Å²) >= 11 is 0. The summed E-state index contributed by atoms with van der Waals surface area (Å²) in [5, 5.41) is 11.8. The van der Waals surface area contributed by atoms with E-state index < -0.39 is 24.6 Å². The molecule has 0 fully saturated rings. The predicted octanol–water partition coefficient (Wildman–Crippen LogP) is 3.79. The van der Waals surface area contributed by atoms with E-state index in [4.69, 9.17) is 4.74 Å². The van der Waals surface area contributed by atoms with Gasteiger partial charge < -0.3 is 4.74 Å². The number of aryl methyl sites for hydroxylation is 1. The van der Waals surface area contributed by atoms with Crippen molar-refractivity contribution in [1.29, 1.82) is 0 Å². The minimum Gasteiger partial charge on any atom is -0.360 e. The van der Waals surface area contributed by atoms with E-state index in [1.165, 1.54) is 28.9 Å². The molecule has 1 atom stereocenters. The number of ether oxygens (including phenoxy) is 1. The van der Waals surface area contributed by atoms with Gasteiger partial charge in [0.05, 0.1) is 41.7 Å². The topological polar surface area (TPSA) is 81.5 Å². The Hall–Kier alpha value is -3.34. The summed E-state index contributed by atoms with van der Waals surface area (Å²) < 4.78 is 59.5. The van der Waals surface area contributed by atoms with Crippen LogP contribution in [0.1, 0.15) is 11.5 Å². The van der Waals surface area contributed by atoms with Crippen molar-refractivity contribution in [2.45, 2.75) is 32.4 Å². The highest BCUT2D eigenvalue weighted by Gasteiger charge is 2.44. The van der Waals surface area contributed by atoms with Gasteiger partial charge in [-0.25, -0.2) is 14.4 Å². The van der Waals surface area contributed by atoms with Crippen molar-refractivity contribution in [3.05, 3.63) is 47.8 Å². The van der Waals surface area contributed by atoms with Crippen molar-refractivity contribution < 1.29 is 22.3 Å². The number of aromatic amines is 1. The lowest BCUT2D eigenvalue weighted by Gasteiger charge is -2.26. The monoisotopic (exact) mass is 418 g/mol. The highest BCUT2D eigenvalue weighted by molar-refractivity contribution is 5.95. The van der Waals surface area contributed by atoms with Crippen LogP contribution in [0.3, 0.4) is 0 Å². The molecule has 0 saturated heterocycles. The number of H-pyrrole nitrogens is 1. The normalized spacial score (nSPS) is 16.8. The Kier molecular flexibility index (Phi) is 4.10. The van der Waals surface area contributed by atoms with E-state index in [0.29, 0.717) is 45.1 Å². The van der Waals surface area contributed by atoms with E-state index in [2.05, 4.69) is 25.3 Å². The number of benzene rings is 1. The summed E-state index contributed by atoms with van der Waals surface area (Å²) in [5.74, 6) is 0.0245. The van der Waals surface area contributed by atoms with Crippen LogP contribution in [-0.2, 0) is 17.9 Å². The quantitative estimate of drug-likeness (QED) is 0.501. The Bertz CT molecular complexity index is 1240. The summed E-state index contributed by atoms with van der Waals surface area (Å²) in [5.41, 5.74) is 2.87. The minimum atomic E-state index is -4.51. The van der Waals surface area contributed by atoms with Gasteiger partial charge in [0.1, 0.15) is 17.3 Å². The van der Waals surface area contributed by atoms with Gasteiger partial charge in [-0.1, -0.05) is 0 Å². The first-order chi connectivity index (χ1) is 14.3. The van der Waals surface area contributed by atoms with Gasteiger partial charge in [-0.15, -0.1) is 0 Å². The molecule has 11 heteroatoms. The molecule has 0 bridgehead atoms. The van der Waals surface area contributed by atoms with Crippen molar-refractivity contribution in [1.82, 2.24) is 29.9 Å². The molecule has 30 heavy (non-hydrogen) atoms. The molecule has 1 aliphatic heterocycles. The third kappa shape index (κ3) is 3.02. The number of rotatable bonds is 2. The summed E-state index contributed by atoms with van der Waals surface area (Å²) in [6.45, 7) is 0.926. The van der Waals surface area contributed by atoms with Crippen LogP contribution in [0.25, 0.3) is 33.5 Å². The van der Waals surface area contributed by atoms with Gasteiger partial charge in [-0.05, 0) is 31.2 Å². The number of alkyl halides is 3. The lowest BCUT2D eigenvalue weighted by atomic mass is 10.0. The second-order valence-corrected chi connectivity index (χ2v) is 6.95. The zero-order valence-corrected chi connectivity index (χ0v) is 15.5. The van der Waals surface area contributed by atoms with Crippen LogP contribution in [0.2, 0.25) is 0 Å². The zero-order chi connectivity index (χ0) is 21.0. The van der Waals surface area contributed by atoms with E-state index >= 15 is 0 Å². The Morgan fingerprint density at radius 3 is 2.63 bits per heavy atom. The van der Waals surface area contributed by atoms with Crippen molar-refractivity contribution in [3.63, 3.8) is 0 Å². The second kappa shape index (κ2) is 6.59. The molecule has 0 aliphatic carbocycles. The number of nitrogens with one attached hydrogen (secondary N) is 1. The van der Waals surface area contributed by atoms with Crippen LogP contribution in [0, 0.1) is 12.7 Å². The van der Waals surface area contributed by atoms with E-state index in [9.17, 15) is 17.6 Å². The molecule has 4 aromatic rings. The third-order valence-electron chi connectivity index (χ3n) is 4.96. The Morgan fingerprint density at radius 2 is 1.90 bits per heavy atom. The minimum absolute atomic E-state index is 0.296. The molecular weight excluding hydrogens is 404 g/mol. The molecule has 1 aliphatic rings. The number of nitrogens with zero attached hydrogens (tertiary/aromatic N) is 5. The average Bonchev–Trinajstić information content (AvgIpc) is 3.31. The van der Waals surface area contributed by atoms with Crippen molar-refractivity contribution in [2.24, 2.45) is 0 Å². The SMILES string of the molecule is Cc1nc(-c2c(-c3ccc(F)cc3)nn3c2COC(C(F)(F)F)C3)c2cn[nH]c2n1. The van der Waals surface area contributed by atoms with Crippen molar-refractivity contribution in [2.75, 3.05) is 0 Å². The molecule has 7 nitrogen and oxygen atoms in total. The Morgan fingerprint density at radius 1 is 1.13 bits per heavy atom. The molecule has 1 N–H and O–H groups in total. The molecule has 5 rings (SSSR count). The van der Waals surface area contributed by atoms with Gasteiger partial charge in [-0.2, -0.15) is 23.4 Å². The number of hydrogen-bond donors (Lipinski definition) is 1. The highest BCUT2D eigenvalue weighted by atomic mass is 19.4. The van der Waals surface area contributed by atoms with E-state index in [1.54, 1.807) is 13.1 Å². The third-order valence-corrected chi connectivity index (χ3v) is 4.96. The van der Waals surface area contributed by atoms with Gasteiger partial charge in [0.15, 0.2) is 11.8 Å². The maximum atomic E-state index is 13.5. The molecular formula is C19H14F4N6O.